The van der Waals surface area contributed by atoms with Crippen LogP contribution in [0.3, 0.4) is 0 Å². The third-order valence-corrected chi connectivity index (χ3v) is 4.55. The Morgan fingerprint density at radius 3 is 1.96 bits per heavy atom. The summed E-state index contributed by atoms with van der Waals surface area (Å²) in [4.78, 5) is 12.1. The van der Waals surface area contributed by atoms with E-state index in [4.69, 9.17) is 0 Å². The molecule has 0 aliphatic rings. The molecular formula is C21H22N2O2. The van der Waals surface area contributed by atoms with Crippen molar-refractivity contribution in [2.75, 3.05) is 0 Å². The summed E-state index contributed by atoms with van der Waals surface area (Å²) in [6.45, 7) is 8.01. The van der Waals surface area contributed by atoms with E-state index >= 15 is 0 Å². The van der Waals surface area contributed by atoms with Crippen LogP contribution in [0, 0.1) is 20.8 Å². The molecule has 4 nitrogen and oxygen atoms in total. The number of carbonyl (C=O) groups is 1. The topological polar surface area (TPSA) is 48.9 Å². The number of hydrogen-bond acceptors (Lipinski definition) is 2. The van der Waals surface area contributed by atoms with Gasteiger partial charge >= 0.3 is 5.82 Å². The van der Waals surface area contributed by atoms with Crippen LogP contribution in [0.25, 0.3) is 11.4 Å². The lowest BCUT2D eigenvalue weighted by Gasteiger charge is -2.07. The fourth-order valence-electron chi connectivity index (χ4n) is 3.26. The maximum absolute atomic E-state index is 12.1. The van der Waals surface area contributed by atoms with Crippen molar-refractivity contribution in [2.45, 2.75) is 34.1 Å². The van der Waals surface area contributed by atoms with Crippen molar-refractivity contribution in [2.24, 2.45) is 0 Å². The number of hydrogen-bond donors (Lipinski definition) is 0. The summed E-state index contributed by atoms with van der Waals surface area (Å²) in [5.74, 6) is -1.05. The van der Waals surface area contributed by atoms with Crippen LogP contribution in [0.1, 0.15) is 40.1 Å². The quantitative estimate of drug-likeness (QED) is 0.689. The molecule has 0 atom stereocenters. The maximum Gasteiger partial charge on any atom is 0.315 e. The van der Waals surface area contributed by atoms with E-state index in [9.17, 15) is 9.90 Å². The highest BCUT2D eigenvalue weighted by Gasteiger charge is 2.30. The molecule has 4 heteroatoms. The Balaban J connectivity index is 2.35. The molecule has 0 spiro atoms. The lowest BCUT2D eigenvalue weighted by Crippen LogP contribution is -2.44. The van der Waals surface area contributed by atoms with Gasteiger partial charge in [-0.25, -0.2) is 0 Å². The number of aryl methyl sites for hydroxylation is 2. The van der Waals surface area contributed by atoms with E-state index in [0.29, 0.717) is 0 Å². The number of nitrogens with zero attached hydrogens (tertiary/aromatic N) is 2. The first-order valence-corrected chi connectivity index (χ1v) is 8.45. The third kappa shape index (κ3) is 2.95. The van der Waals surface area contributed by atoms with Crippen LogP contribution in [-0.4, -0.2) is 10.5 Å². The van der Waals surface area contributed by atoms with Gasteiger partial charge in [0.2, 0.25) is 0 Å². The lowest BCUT2D eigenvalue weighted by molar-refractivity contribution is -0.609. The number of aromatic carboxylic acids is 1. The molecule has 2 aromatic carbocycles. The van der Waals surface area contributed by atoms with Gasteiger partial charge < -0.3 is 9.90 Å². The van der Waals surface area contributed by atoms with E-state index in [2.05, 4.69) is 0 Å². The second-order valence-electron chi connectivity index (χ2n) is 6.34. The lowest BCUT2D eigenvalue weighted by atomic mass is 10.2. The van der Waals surface area contributed by atoms with Crippen molar-refractivity contribution in [3.8, 4) is 11.4 Å². The van der Waals surface area contributed by atoms with E-state index in [1.165, 1.54) is 0 Å². The molecule has 25 heavy (non-hydrogen) atoms. The van der Waals surface area contributed by atoms with Crippen molar-refractivity contribution in [3.63, 3.8) is 0 Å². The average Bonchev–Trinajstić information content (AvgIpc) is 2.89. The molecule has 0 aliphatic heterocycles. The molecule has 0 fully saturated rings. The fraction of sp³-hybridized carbons (Fsp3) is 0.238. The van der Waals surface area contributed by atoms with E-state index in [1.54, 1.807) is 9.13 Å². The van der Waals surface area contributed by atoms with Crippen LogP contribution >= 0.6 is 0 Å². The molecule has 0 radical (unpaired) electrons. The molecule has 1 heterocycles. The Hall–Kier alpha value is -2.88. The minimum absolute atomic E-state index is 0.141. The highest BCUT2D eigenvalue weighted by Crippen LogP contribution is 2.20. The van der Waals surface area contributed by atoms with Gasteiger partial charge in [-0.2, -0.15) is 9.13 Å². The highest BCUT2D eigenvalue weighted by atomic mass is 16.4. The summed E-state index contributed by atoms with van der Waals surface area (Å²) in [7, 11) is 0. The minimum atomic E-state index is -1.19. The largest absolute Gasteiger partial charge is 0.538 e. The zero-order chi connectivity index (χ0) is 18.1. The smallest absolute Gasteiger partial charge is 0.315 e. The molecular weight excluding hydrogens is 312 g/mol. The Morgan fingerprint density at radius 2 is 1.48 bits per heavy atom. The number of carbonyl (C=O) groups excluding carboxylic acids is 1. The van der Waals surface area contributed by atoms with Gasteiger partial charge in [0.1, 0.15) is 17.1 Å². The summed E-state index contributed by atoms with van der Waals surface area (Å²) in [6.07, 6.45) is 0.721. The van der Waals surface area contributed by atoms with Crippen LogP contribution in [0.2, 0.25) is 0 Å². The second-order valence-corrected chi connectivity index (χ2v) is 6.34. The van der Waals surface area contributed by atoms with E-state index < -0.39 is 5.97 Å². The van der Waals surface area contributed by atoms with Crippen molar-refractivity contribution in [1.82, 2.24) is 4.57 Å². The summed E-state index contributed by atoms with van der Waals surface area (Å²) in [5, 5.41) is 12.1. The molecule has 1 aromatic heterocycles. The summed E-state index contributed by atoms with van der Waals surface area (Å²) >= 11 is 0. The van der Waals surface area contributed by atoms with Gasteiger partial charge in [-0.3, -0.25) is 0 Å². The summed E-state index contributed by atoms with van der Waals surface area (Å²) in [6, 6.07) is 15.7. The normalized spacial score (nSPS) is 10.9. The number of aromatic nitrogens is 2. The number of carboxylic acids is 1. The van der Waals surface area contributed by atoms with Gasteiger partial charge in [-0.15, -0.1) is 0 Å². The molecule has 0 saturated heterocycles. The maximum atomic E-state index is 12.1. The van der Waals surface area contributed by atoms with Crippen molar-refractivity contribution < 1.29 is 14.5 Å². The van der Waals surface area contributed by atoms with E-state index in [1.807, 2.05) is 76.2 Å². The van der Waals surface area contributed by atoms with Gasteiger partial charge in [-0.05, 0) is 38.1 Å². The first-order chi connectivity index (χ1) is 11.9. The van der Waals surface area contributed by atoms with Gasteiger partial charge in [0.05, 0.1) is 0 Å². The average molecular weight is 334 g/mol. The van der Waals surface area contributed by atoms with Gasteiger partial charge in [0.15, 0.2) is 11.7 Å². The molecule has 0 unspecified atom stereocenters. The molecule has 0 saturated carbocycles. The fourth-order valence-corrected chi connectivity index (χ4v) is 3.26. The van der Waals surface area contributed by atoms with Gasteiger partial charge in [-0.1, -0.05) is 42.3 Å². The first-order valence-electron chi connectivity index (χ1n) is 8.45. The van der Waals surface area contributed by atoms with Crippen LogP contribution in [0.4, 0.5) is 0 Å². The Labute approximate surface area is 148 Å². The van der Waals surface area contributed by atoms with Gasteiger partial charge in [0, 0.05) is 13.3 Å². The summed E-state index contributed by atoms with van der Waals surface area (Å²) in [5.41, 5.74) is 5.78. The van der Waals surface area contributed by atoms with Crippen molar-refractivity contribution in [3.05, 3.63) is 76.9 Å². The van der Waals surface area contributed by atoms with Crippen molar-refractivity contribution in [1.29, 1.82) is 0 Å². The first kappa shape index (κ1) is 17.0. The predicted molar refractivity (Wildman–Crippen MR) is 95.2 cm³/mol. The number of rotatable bonds is 4. The van der Waals surface area contributed by atoms with Gasteiger partial charge in [0.25, 0.3) is 0 Å². The number of imidazole rings is 1. The summed E-state index contributed by atoms with van der Waals surface area (Å²) < 4.78 is 3.57. The zero-order valence-electron chi connectivity index (χ0n) is 15.0. The number of benzene rings is 2. The standard InChI is InChI=1S/C21H22N2O2/c1-5-19-16(4)22(17-10-6-14(2)7-11-17)20(21(24)25)23(19)18-12-8-15(3)9-13-18/h6-13H,5H2,1-4H3. The molecule has 0 aliphatic carbocycles. The third-order valence-electron chi connectivity index (χ3n) is 4.55. The van der Waals surface area contributed by atoms with E-state index in [-0.39, 0.29) is 5.82 Å². The molecule has 0 bridgehead atoms. The minimum Gasteiger partial charge on any atom is -0.538 e. The SMILES string of the molecule is CCc1c(C)n(-c2ccc(C)cc2)c(C(=O)[O-])[n+]1-c1ccc(C)cc1. The van der Waals surface area contributed by atoms with E-state index in [0.717, 1.165) is 40.3 Å². The van der Waals surface area contributed by atoms with Crippen molar-refractivity contribution >= 4 is 5.97 Å². The second kappa shape index (κ2) is 6.55. The van der Waals surface area contributed by atoms with Crippen LogP contribution in [-0.2, 0) is 6.42 Å². The zero-order valence-corrected chi connectivity index (χ0v) is 15.0. The monoisotopic (exact) mass is 334 g/mol. The van der Waals surface area contributed by atoms with Crippen LogP contribution < -0.4 is 9.67 Å². The van der Waals surface area contributed by atoms with Crippen LogP contribution in [0.15, 0.2) is 48.5 Å². The molecule has 3 rings (SSSR count). The highest BCUT2D eigenvalue weighted by molar-refractivity contribution is 5.81. The Morgan fingerprint density at radius 1 is 0.960 bits per heavy atom. The molecule has 0 N–H and O–H groups in total. The van der Waals surface area contributed by atoms with Crippen LogP contribution in [0.5, 0.6) is 0 Å². The molecule has 3 aromatic rings. The Kier molecular flexibility index (Phi) is 4.45. The number of carboxylic acid groups (broad SMARTS) is 1. The Bertz CT molecular complexity index is 920. The molecule has 128 valence electrons. The predicted octanol–water partition coefficient (Wildman–Crippen LogP) is 2.61. The molecule has 0 amide bonds.